The van der Waals surface area contributed by atoms with E-state index in [1.165, 1.54) is 34.4 Å². The van der Waals surface area contributed by atoms with Crippen molar-refractivity contribution >= 4 is 62.9 Å². The molecule has 0 saturated heterocycles. The Labute approximate surface area is 212 Å². The van der Waals surface area contributed by atoms with E-state index in [0.717, 1.165) is 11.1 Å². The van der Waals surface area contributed by atoms with E-state index in [0.29, 0.717) is 32.2 Å². The standard InChI is InChI=1S/C23H15ClN6OS3/c24-17-4-2-1-3-14(17)18-12-34-23(28-18)29-19(31)6-8-33-22-16(10-26)20(13-5-7-32-11-13)15(9-25)21(27)30-22/h1-5,7,11-12H,6,8H2,(H2,27,30)(H,28,29,31). The van der Waals surface area contributed by atoms with Crippen molar-refractivity contribution in [2.75, 3.05) is 16.8 Å². The number of hydrogen-bond acceptors (Lipinski definition) is 9. The highest BCUT2D eigenvalue weighted by atomic mass is 35.5. The molecule has 0 aliphatic rings. The number of anilines is 2. The summed E-state index contributed by atoms with van der Waals surface area (Å²) in [5.74, 6) is 0.209. The first-order valence-corrected chi connectivity index (χ1v) is 13.0. The van der Waals surface area contributed by atoms with Crippen LogP contribution in [0.2, 0.25) is 5.02 Å². The van der Waals surface area contributed by atoms with Gasteiger partial charge in [0.15, 0.2) is 5.13 Å². The van der Waals surface area contributed by atoms with Gasteiger partial charge >= 0.3 is 0 Å². The highest BCUT2D eigenvalue weighted by Gasteiger charge is 2.21. The molecule has 1 aromatic carbocycles. The van der Waals surface area contributed by atoms with E-state index in [2.05, 4.69) is 27.4 Å². The second kappa shape index (κ2) is 10.7. The Balaban J connectivity index is 1.44. The fourth-order valence-electron chi connectivity index (χ4n) is 3.14. The minimum Gasteiger partial charge on any atom is -0.383 e. The largest absolute Gasteiger partial charge is 0.383 e. The molecule has 0 aliphatic carbocycles. The molecule has 3 aromatic heterocycles. The number of benzene rings is 1. The van der Waals surface area contributed by atoms with Gasteiger partial charge in [0.25, 0.3) is 0 Å². The first kappa shape index (κ1) is 23.7. The molecule has 1 amide bonds. The number of rotatable bonds is 7. The van der Waals surface area contributed by atoms with Crippen LogP contribution in [0.25, 0.3) is 22.4 Å². The van der Waals surface area contributed by atoms with Crippen LogP contribution in [0.5, 0.6) is 0 Å². The Morgan fingerprint density at radius 1 is 1.15 bits per heavy atom. The van der Waals surface area contributed by atoms with Crippen molar-refractivity contribution in [2.24, 2.45) is 0 Å². The molecule has 34 heavy (non-hydrogen) atoms. The molecule has 0 aliphatic heterocycles. The van der Waals surface area contributed by atoms with Crippen molar-refractivity contribution in [2.45, 2.75) is 11.4 Å². The number of aromatic nitrogens is 2. The van der Waals surface area contributed by atoms with Crippen LogP contribution in [0.3, 0.4) is 0 Å². The van der Waals surface area contributed by atoms with Crippen LogP contribution < -0.4 is 11.1 Å². The monoisotopic (exact) mass is 522 g/mol. The van der Waals surface area contributed by atoms with Crippen LogP contribution in [0.1, 0.15) is 17.5 Å². The van der Waals surface area contributed by atoms with E-state index >= 15 is 0 Å². The zero-order valence-corrected chi connectivity index (χ0v) is 20.6. The number of hydrogen-bond donors (Lipinski definition) is 2. The van der Waals surface area contributed by atoms with Crippen LogP contribution in [0, 0.1) is 22.7 Å². The summed E-state index contributed by atoms with van der Waals surface area (Å²) >= 11 is 10.2. The van der Waals surface area contributed by atoms with Crippen molar-refractivity contribution < 1.29 is 4.79 Å². The SMILES string of the molecule is N#Cc1c(N)nc(SCCC(=O)Nc2nc(-c3ccccc3Cl)cs2)c(C#N)c1-c1ccsc1. The fourth-order valence-corrected chi connectivity index (χ4v) is 5.69. The molecule has 0 radical (unpaired) electrons. The first-order valence-electron chi connectivity index (χ1n) is 9.81. The number of carbonyl (C=O) groups is 1. The molecular weight excluding hydrogens is 508 g/mol. The van der Waals surface area contributed by atoms with Gasteiger partial charge in [-0.25, -0.2) is 9.97 Å². The number of thiophene rings is 1. The Morgan fingerprint density at radius 2 is 1.94 bits per heavy atom. The van der Waals surface area contributed by atoms with Gasteiger partial charge < -0.3 is 11.1 Å². The molecule has 0 bridgehead atoms. The smallest absolute Gasteiger partial charge is 0.226 e. The number of halogens is 1. The van der Waals surface area contributed by atoms with Crippen LogP contribution in [0.4, 0.5) is 10.9 Å². The molecule has 168 valence electrons. The summed E-state index contributed by atoms with van der Waals surface area (Å²) in [7, 11) is 0. The number of nitrogens with two attached hydrogens (primary N) is 1. The number of nitriles is 2. The summed E-state index contributed by atoms with van der Waals surface area (Å²) in [5.41, 5.74) is 9.16. The van der Waals surface area contributed by atoms with Crippen molar-refractivity contribution in [1.29, 1.82) is 10.5 Å². The number of nitrogens with one attached hydrogen (secondary N) is 1. The van der Waals surface area contributed by atoms with E-state index in [1.807, 2.05) is 40.4 Å². The Bertz CT molecular complexity index is 1440. The molecule has 0 spiro atoms. The molecule has 0 fully saturated rings. The lowest BCUT2D eigenvalue weighted by Crippen LogP contribution is -2.12. The molecular formula is C23H15ClN6OS3. The molecule has 4 rings (SSSR count). The maximum Gasteiger partial charge on any atom is 0.226 e. The number of pyridine rings is 1. The average molecular weight is 523 g/mol. The van der Waals surface area contributed by atoms with Gasteiger partial charge in [0, 0.05) is 33.7 Å². The predicted molar refractivity (Wildman–Crippen MR) is 138 cm³/mol. The topological polar surface area (TPSA) is 128 Å². The maximum absolute atomic E-state index is 12.5. The third-order valence-electron chi connectivity index (χ3n) is 4.69. The molecule has 0 unspecified atom stereocenters. The Kier molecular flexibility index (Phi) is 7.46. The van der Waals surface area contributed by atoms with Gasteiger partial charge in [-0.3, -0.25) is 4.79 Å². The summed E-state index contributed by atoms with van der Waals surface area (Å²) in [4.78, 5) is 21.2. The quantitative estimate of drug-likeness (QED) is 0.283. The number of carbonyl (C=O) groups excluding carboxylic acids is 1. The third-order valence-corrected chi connectivity index (χ3v) is 7.44. The summed E-state index contributed by atoms with van der Waals surface area (Å²) < 4.78 is 0. The summed E-state index contributed by atoms with van der Waals surface area (Å²) in [6.45, 7) is 0. The number of nitrogen functional groups attached to an aromatic ring is 1. The molecule has 0 saturated carbocycles. The minimum atomic E-state index is -0.217. The second-order valence-corrected chi connectivity index (χ2v) is 9.96. The zero-order chi connectivity index (χ0) is 24.1. The second-order valence-electron chi connectivity index (χ2n) is 6.83. The van der Waals surface area contributed by atoms with Crippen LogP contribution in [-0.4, -0.2) is 21.6 Å². The highest BCUT2D eigenvalue weighted by Crippen LogP contribution is 2.36. The first-order chi connectivity index (χ1) is 16.5. The van der Waals surface area contributed by atoms with Gasteiger partial charge in [0.1, 0.15) is 28.5 Å². The molecule has 4 aromatic rings. The lowest BCUT2D eigenvalue weighted by atomic mass is 9.99. The van der Waals surface area contributed by atoms with E-state index in [-0.39, 0.29) is 29.3 Å². The molecule has 3 heterocycles. The molecule has 3 N–H and O–H groups in total. The fraction of sp³-hybridized carbons (Fsp3) is 0.0870. The lowest BCUT2D eigenvalue weighted by Gasteiger charge is -2.11. The van der Waals surface area contributed by atoms with Crippen LogP contribution in [-0.2, 0) is 4.79 Å². The summed E-state index contributed by atoms with van der Waals surface area (Å²) in [6.07, 6.45) is 0.173. The van der Waals surface area contributed by atoms with Gasteiger partial charge in [0.05, 0.1) is 11.3 Å². The zero-order valence-electron chi connectivity index (χ0n) is 17.4. The molecule has 0 atom stereocenters. The van der Waals surface area contributed by atoms with Gasteiger partial charge in [-0.1, -0.05) is 29.8 Å². The number of thiazole rings is 1. The van der Waals surface area contributed by atoms with Gasteiger partial charge in [-0.05, 0) is 28.5 Å². The van der Waals surface area contributed by atoms with Gasteiger partial charge in [-0.15, -0.1) is 23.1 Å². The minimum absolute atomic E-state index is 0.0598. The van der Waals surface area contributed by atoms with E-state index in [1.54, 1.807) is 6.07 Å². The Hall–Kier alpha value is -3.41. The van der Waals surface area contributed by atoms with Crippen molar-refractivity contribution in [1.82, 2.24) is 9.97 Å². The number of thioether (sulfide) groups is 1. The maximum atomic E-state index is 12.5. The van der Waals surface area contributed by atoms with Crippen molar-refractivity contribution in [3.05, 3.63) is 62.6 Å². The molecule has 7 nitrogen and oxygen atoms in total. The highest BCUT2D eigenvalue weighted by molar-refractivity contribution is 7.99. The van der Waals surface area contributed by atoms with Gasteiger partial charge in [-0.2, -0.15) is 21.9 Å². The normalized spacial score (nSPS) is 10.4. The van der Waals surface area contributed by atoms with E-state index in [9.17, 15) is 15.3 Å². The van der Waals surface area contributed by atoms with E-state index in [4.69, 9.17) is 17.3 Å². The molecule has 11 heteroatoms. The third kappa shape index (κ3) is 5.06. The number of amides is 1. The predicted octanol–water partition coefficient (Wildman–Crippen LogP) is 6.03. The van der Waals surface area contributed by atoms with Gasteiger partial charge in [0.2, 0.25) is 5.91 Å². The summed E-state index contributed by atoms with van der Waals surface area (Å²) in [5, 5.41) is 29.1. The lowest BCUT2D eigenvalue weighted by molar-refractivity contribution is -0.115. The van der Waals surface area contributed by atoms with Crippen LogP contribution in [0.15, 0.2) is 51.5 Å². The average Bonchev–Trinajstić information content (AvgIpc) is 3.51. The van der Waals surface area contributed by atoms with Crippen molar-refractivity contribution in [3.8, 4) is 34.5 Å². The summed E-state index contributed by atoms with van der Waals surface area (Å²) in [6, 6.07) is 13.4. The number of nitrogens with zero attached hydrogens (tertiary/aromatic N) is 4. The van der Waals surface area contributed by atoms with Crippen LogP contribution >= 0.6 is 46.0 Å². The van der Waals surface area contributed by atoms with Crippen molar-refractivity contribution in [3.63, 3.8) is 0 Å². The Morgan fingerprint density at radius 3 is 2.65 bits per heavy atom. The van der Waals surface area contributed by atoms with E-state index < -0.39 is 0 Å².